The minimum Gasteiger partial charge on any atom is -0.342 e. The first kappa shape index (κ1) is 18.0. The predicted molar refractivity (Wildman–Crippen MR) is 85.9 cm³/mol. The normalized spacial score (nSPS) is 23.1. The summed E-state index contributed by atoms with van der Waals surface area (Å²) < 4.78 is 0. The van der Waals surface area contributed by atoms with E-state index in [0.717, 1.165) is 19.3 Å². The number of unbranched alkanes of at least 4 members (excludes halogenated alkanes) is 3. The van der Waals surface area contributed by atoms with E-state index in [1.165, 1.54) is 12.8 Å². The van der Waals surface area contributed by atoms with E-state index in [0.29, 0.717) is 12.5 Å². The highest BCUT2D eigenvalue weighted by molar-refractivity contribution is 5.97. The minimum atomic E-state index is -0.355. The molecule has 2 unspecified atom stereocenters. The molecule has 0 aromatic rings. The SMILES string of the molecule is CCCCCCN1C(=O)C(C(C)C)NC(=O)C1CC(C)C. The maximum Gasteiger partial charge on any atom is 0.246 e. The Labute approximate surface area is 129 Å². The molecule has 1 rings (SSSR count). The molecule has 1 aliphatic rings. The molecular weight excluding hydrogens is 264 g/mol. The van der Waals surface area contributed by atoms with Crippen LogP contribution in [0.4, 0.5) is 0 Å². The molecule has 1 saturated heterocycles. The van der Waals surface area contributed by atoms with Crippen molar-refractivity contribution in [3.63, 3.8) is 0 Å². The van der Waals surface area contributed by atoms with E-state index >= 15 is 0 Å². The van der Waals surface area contributed by atoms with Crippen LogP contribution in [0.5, 0.6) is 0 Å². The quantitative estimate of drug-likeness (QED) is 0.700. The molecule has 1 aliphatic heterocycles. The summed E-state index contributed by atoms with van der Waals surface area (Å²) in [5, 5.41) is 2.92. The summed E-state index contributed by atoms with van der Waals surface area (Å²) in [6.07, 6.45) is 5.24. The Balaban J connectivity index is 2.79. The fourth-order valence-electron chi connectivity index (χ4n) is 2.89. The first-order valence-electron chi connectivity index (χ1n) is 8.49. The second-order valence-electron chi connectivity index (χ2n) is 6.97. The standard InChI is InChI=1S/C17H32N2O2/c1-6-7-8-9-10-19-14(11-12(2)3)16(20)18-15(13(4)5)17(19)21/h12-15H,6-11H2,1-5H3,(H,18,20). The molecule has 4 heteroatoms. The molecule has 1 N–H and O–H groups in total. The maximum atomic E-state index is 12.7. The molecule has 2 amide bonds. The van der Waals surface area contributed by atoms with Gasteiger partial charge in [-0.2, -0.15) is 0 Å². The first-order chi connectivity index (χ1) is 9.88. The van der Waals surface area contributed by atoms with Gasteiger partial charge in [-0.3, -0.25) is 9.59 Å². The van der Waals surface area contributed by atoms with Gasteiger partial charge in [0, 0.05) is 6.54 Å². The van der Waals surface area contributed by atoms with Crippen molar-refractivity contribution >= 4 is 11.8 Å². The molecule has 0 bridgehead atoms. The average molecular weight is 296 g/mol. The van der Waals surface area contributed by atoms with Crippen LogP contribution in [-0.2, 0) is 9.59 Å². The number of hydrogen-bond acceptors (Lipinski definition) is 2. The smallest absolute Gasteiger partial charge is 0.246 e. The highest BCUT2D eigenvalue weighted by atomic mass is 16.2. The molecule has 122 valence electrons. The van der Waals surface area contributed by atoms with Crippen LogP contribution in [0.2, 0.25) is 0 Å². The third-order valence-corrected chi connectivity index (χ3v) is 4.14. The minimum absolute atomic E-state index is 0.0255. The summed E-state index contributed by atoms with van der Waals surface area (Å²) in [6, 6.07) is -0.638. The van der Waals surface area contributed by atoms with E-state index in [-0.39, 0.29) is 29.8 Å². The average Bonchev–Trinajstić information content (AvgIpc) is 2.40. The number of piperazine rings is 1. The Kier molecular flexibility index (Phi) is 7.20. The van der Waals surface area contributed by atoms with Gasteiger partial charge in [0.25, 0.3) is 0 Å². The van der Waals surface area contributed by atoms with Gasteiger partial charge in [-0.25, -0.2) is 0 Å². The first-order valence-corrected chi connectivity index (χ1v) is 8.49. The fourth-order valence-corrected chi connectivity index (χ4v) is 2.89. The topological polar surface area (TPSA) is 49.4 Å². The second kappa shape index (κ2) is 8.40. The molecule has 0 spiro atoms. The maximum absolute atomic E-state index is 12.7. The lowest BCUT2D eigenvalue weighted by Crippen LogP contribution is -2.65. The molecule has 1 heterocycles. The van der Waals surface area contributed by atoms with Crippen LogP contribution in [-0.4, -0.2) is 35.3 Å². The van der Waals surface area contributed by atoms with Gasteiger partial charge in [0.15, 0.2) is 0 Å². The summed E-state index contributed by atoms with van der Waals surface area (Å²) in [5.41, 5.74) is 0. The van der Waals surface area contributed by atoms with Gasteiger partial charge in [-0.15, -0.1) is 0 Å². The monoisotopic (exact) mass is 296 g/mol. The van der Waals surface area contributed by atoms with Gasteiger partial charge in [0.2, 0.25) is 11.8 Å². The summed E-state index contributed by atoms with van der Waals surface area (Å²) in [7, 11) is 0. The molecular formula is C17H32N2O2. The zero-order valence-corrected chi connectivity index (χ0v) is 14.3. The van der Waals surface area contributed by atoms with E-state index in [9.17, 15) is 9.59 Å². The Morgan fingerprint density at radius 1 is 1.10 bits per heavy atom. The van der Waals surface area contributed by atoms with Gasteiger partial charge < -0.3 is 10.2 Å². The lowest BCUT2D eigenvalue weighted by atomic mass is 9.93. The van der Waals surface area contributed by atoms with Crippen LogP contribution < -0.4 is 5.32 Å². The Morgan fingerprint density at radius 3 is 2.29 bits per heavy atom. The third-order valence-electron chi connectivity index (χ3n) is 4.14. The van der Waals surface area contributed by atoms with Crippen molar-refractivity contribution in [2.75, 3.05) is 6.54 Å². The van der Waals surface area contributed by atoms with Crippen LogP contribution in [0, 0.1) is 11.8 Å². The summed E-state index contributed by atoms with van der Waals surface area (Å²) >= 11 is 0. The van der Waals surface area contributed by atoms with Crippen molar-refractivity contribution in [2.45, 2.75) is 78.8 Å². The predicted octanol–water partition coefficient (Wildman–Crippen LogP) is 2.96. The molecule has 2 atom stereocenters. The van der Waals surface area contributed by atoms with Crippen molar-refractivity contribution in [3.05, 3.63) is 0 Å². The van der Waals surface area contributed by atoms with Crippen LogP contribution in [0.25, 0.3) is 0 Å². The number of hydrogen-bond donors (Lipinski definition) is 1. The molecule has 0 aliphatic carbocycles. The molecule has 21 heavy (non-hydrogen) atoms. The highest BCUT2D eigenvalue weighted by Crippen LogP contribution is 2.21. The van der Waals surface area contributed by atoms with Gasteiger partial charge in [-0.1, -0.05) is 53.9 Å². The lowest BCUT2D eigenvalue weighted by Gasteiger charge is -2.41. The van der Waals surface area contributed by atoms with Crippen LogP contribution in [0.1, 0.15) is 66.7 Å². The van der Waals surface area contributed by atoms with Crippen LogP contribution in [0.3, 0.4) is 0 Å². The fraction of sp³-hybridized carbons (Fsp3) is 0.882. The largest absolute Gasteiger partial charge is 0.342 e. The van der Waals surface area contributed by atoms with Gasteiger partial charge in [-0.05, 0) is 24.7 Å². The number of nitrogens with one attached hydrogen (secondary N) is 1. The van der Waals surface area contributed by atoms with Gasteiger partial charge in [0.05, 0.1) is 0 Å². The van der Waals surface area contributed by atoms with E-state index in [1.807, 2.05) is 18.7 Å². The van der Waals surface area contributed by atoms with Gasteiger partial charge >= 0.3 is 0 Å². The Bertz CT molecular complexity index is 353. The third kappa shape index (κ3) is 5.01. The molecule has 1 fully saturated rings. The number of carbonyl (C=O) groups is 2. The van der Waals surface area contributed by atoms with Crippen molar-refractivity contribution < 1.29 is 9.59 Å². The molecule has 0 aromatic carbocycles. The zero-order valence-electron chi connectivity index (χ0n) is 14.3. The molecule has 0 aromatic heterocycles. The molecule has 0 radical (unpaired) electrons. The number of amides is 2. The number of nitrogens with zero attached hydrogens (tertiary/aromatic N) is 1. The van der Waals surface area contributed by atoms with Crippen molar-refractivity contribution in [1.82, 2.24) is 10.2 Å². The van der Waals surface area contributed by atoms with Crippen LogP contribution in [0.15, 0.2) is 0 Å². The molecule has 4 nitrogen and oxygen atoms in total. The summed E-state index contributed by atoms with van der Waals surface area (Å²) in [6.45, 7) is 11.1. The highest BCUT2D eigenvalue weighted by Gasteiger charge is 2.41. The zero-order chi connectivity index (χ0) is 16.0. The van der Waals surface area contributed by atoms with E-state index in [1.54, 1.807) is 0 Å². The Hall–Kier alpha value is -1.06. The molecule has 0 saturated carbocycles. The van der Waals surface area contributed by atoms with Crippen molar-refractivity contribution in [3.8, 4) is 0 Å². The summed E-state index contributed by atoms with van der Waals surface area (Å²) in [4.78, 5) is 26.9. The van der Waals surface area contributed by atoms with Crippen molar-refractivity contribution in [1.29, 1.82) is 0 Å². The second-order valence-corrected chi connectivity index (χ2v) is 6.97. The van der Waals surface area contributed by atoms with E-state index in [4.69, 9.17) is 0 Å². The van der Waals surface area contributed by atoms with E-state index < -0.39 is 0 Å². The Morgan fingerprint density at radius 2 is 1.76 bits per heavy atom. The van der Waals surface area contributed by atoms with Crippen LogP contribution >= 0.6 is 0 Å². The number of carbonyl (C=O) groups excluding carboxylic acids is 2. The van der Waals surface area contributed by atoms with Gasteiger partial charge in [0.1, 0.15) is 12.1 Å². The summed E-state index contributed by atoms with van der Waals surface area (Å²) in [5.74, 6) is 0.672. The van der Waals surface area contributed by atoms with E-state index in [2.05, 4.69) is 26.1 Å². The van der Waals surface area contributed by atoms with Crippen molar-refractivity contribution in [2.24, 2.45) is 11.8 Å². The lowest BCUT2D eigenvalue weighted by molar-refractivity contribution is -0.151. The number of rotatable bonds is 8.